The van der Waals surface area contributed by atoms with Gasteiger partial charge in [-0.2, -0.15) is 18.4 Å². The summed E-state index contributed by atoms with van der Waals surface area (Å²) in [5.41, 5.74) is -3.53. The molecule has 0 aromatic heterocycles. The van der Waals surface area contributed by atoms with Crippen LogP contribution in [-0.2, 0) is 22.1 Å². The third-order valence-corrected chi connectivity index (χ3v) is 7.19. The summed E-state index contributed by atoms with van der Waals surface area (Å²) in [6.45, 7) is 3.50. The molecule has 2 atom stereocenters. The zero-order valence-corrected chi connectivity index (χ0v) is 21.0. The lowest BCUT2D eigenvalue weighted by atomic mass is 9.96. The van der Waals surface area contributed by atoms with Gasteiger partial charge in [0.1, 0.15) is 17.1 Å². The molecule has 1 aromatic rings. The topological polar surface area (TPSA) is 96.2 Å². The molecule has 0 aliphatic rings. The number of unbranched alkanes of at least 4 members (excludes halogenated alkanes) is 8. The molecule has 5 nitrogen and oxygen atoms in total. The van der Waals surface area contributed by atoms with Crippen LogP contribution in [0, 0.1) is 11.3 Å². The number of hydrogen-bond donors (Lipinski definition) is 2. The van der Waals surface area contributed by atoms with Crippen molar-refractivity contribution < 1.29 is 27.6 Å². The number of aliphatic hydroxyl groups is 1. The number of carbonyl (C=O) groups is 1. The predicted octanol–water partition coefficient (Wildman–Crippen LogP) is 6.33. The molecule has 0 saturated carbocycles. The van der Waals surface area contributed by atoms with E-state index in [1.165, 1.54) is 38.3 Å². The quantitative estimate of drug-likeness (QED) is 0.204. The smallest absolute Gasteiger partial charge is 0.417 e. The molecule has 34 heavy (non-hydrogen) atoms. The average molecular weight is 503 g/mol. The Morgan fingerprint density at radius 3 is 2.18 bits per heavy atom. The molecule has 1 rings (SSSR count). The first-order valence-corrected chi connectivity index (χ1v) is 13.5. The van der Waals surface area contributed by atoms with Gasteiger partial charge in [0.25, 0.3) is 5.91 Å². The van der Waals surface area contributed by atoms with Crippen LogP contribution in [-0.4, -0.2) is 32.7 Å². The Hall–Kier alpha value is -1.76. The zero-order chi connectivity index (χ0) is 25.6. The lowest BCUT2D eigenvalue weighted by Gasteiger charge is -2.22. The lowest BCUT2D eigenvalue weighted by molar-refractivity contribution is -0.138. The summed E-state index contributed by atoms with van der Waals surface area (Å²) < 4.78 is 51.3. The molecule has 0 fully saturated rings. The minimum Gasteiger partial charge on any atom is -0.616 e. The van der Waals surface area contributed by atoms with Crippen LogP contribution in [0.4, 0.5) is 18.9 Å². The Balaban J connectivity index is 2.32. The summed E-state index contributed by atoms with van der Waals surface area (Å²) in [5, 5.41) is 21.6. The SMILES string of the molecule is CCCCCCC[S+]([O-])CCCCCCC[C@](C)(O)C(=O)Nc1ccc(C#N)c(C(F)(F)F)c1. The van der Waals surface area contributed by atoms with E-state index in [1.54, 1.807) is 0 Å². The van der Waals surface area contributed by atoms with Crippen molar-refractivity contribution in [3.8, 4) is 6.07 Å². The van der Waals surface area contributed by atoms with E-state index in [1.807, 2.05) is 0 Å². The normalized spacial score (nSPS) is 14.3. The minimum absolute atomic E-state index is 0.130. The number of hydrogen-bond acceptors (Lipinski definition) is 4. The van der Waals surface area contributed by atoms with E-state index in [9.17, 15) is 27.6 Å². The minimum atomic E-state index is -4.73. The maximum absolute atomic E-state index is 13.1. The molecular formula is C25H37F3N2O3S. The Morgan fingerprint density at radius 1 is 1.06 bits per heavy atom. The van der Waals surface area contributed by atoms with Crippen LogP contribution in [0.2, 0.25) is 0 Å². The van der Waals surface area contributed by atoms with Crippen molar-refractivity contribution in [2.24, 2.45) is 0 Å². The summed E-state index contributed by atoms with van der Waals surface area (Å²) in [5.74, 6) is 0.684. The first kappa shape index (κ1) is 30.3. The average Bonchev–Trinajstić information content (AvgIpc) is 2.77. The van der Waals surface area contributed by atoms with Gasteiger partial charge in [-0.05, 0) is 57.2 Å². The predicted molar refractivity (Wildman–Crippen MR) is 130 cm³/mol. The van der Waals surface area contributed by atoms with Crippen LogP contribution in [0.1, 0.15) is 95.6 Å². The van der Waals surface area contributed by atoms with Crippen LogP contribution < -0.4 is 5.32 Å². The standard InChI is InChI=1S/C25H37F3N2O3S/c1-3-4-5-8-11-16-34(33)17-12-9-6-7-10-15-24(2,32)23(31)30-21-14-13-20(19-29)22(18-21)25(26,27)28/h13-14,18,32H,3-12,15-17H2,1-2H3,(H,30,31)/t24-,34?/m0/s1. The van der Waals surface area contributed by atoms with Crippen molar-refractivity contribution in [2.75, 3.05) is 16.8 Å². The van der Waals surface area contributed by atoms with Crippen LogP contribution in [0.5, 0.6) is 0 Å². The first-order valence-electron chi connectivity index (χ1n) is 12.0. The van der Waals surface area contributed by atoms with E-state index in [4.69, 9.17) is 5.26 Å². The number of alkyl halides is 3. The van der Waals surface area contributed by atoms with E-state index in [0.29, 0.717) is 18.2 Å². The summed E-state index contributed by atoms with van der Waals surface area (Å²) in [7, 11) is 0. The zero-order valence-electron chi connectivity index (χ0n) is 20.2. The van der Waals surface area contributed by atoms with Gasteiger partial charge in [-0.3, -0.25) is 4.79 Å². The van der Waals surface area contributed by atoms with Crippen LogP contribution in [0.15, 0.2) is 18.2 Å². The van der Waals surface area contributed by atoms with Crippen molar-refractivity contribution in [3.05, 3.63) is 29.3 Å². The molecule has 0 bridgehead atoms. The van der Waals surface area contributed by atoms with Crippen LogP contribution in [0.3, 0.4) is 0 Å². The van der Waals surface area contributed by atoms with Gasteiger partial charge in [-0.1, -0.05) is 56.6 Å². The van der Waals surface area contributed by atoms with E-state index >= 15 is 0 Å². The van der Waals surface area contributed by atoms with E-state index in [0.717, 1.165) is 50.3 Å². The van der Waals surface area contributed by atoms with Gasteiger partial charge in [-0.25, -0.2) is 0 Å². The molecule has 0 heterocycles. The molecule has 1 unspecified atom stereocenters. The molecule has 0 aliphatic heterocycles. The van der Waals surface area contributed by atoms with Gasteiger partial charge in [0.05, 0.1) is 17.2 Å². The summed E-state index contributed by atoms with van der Waals surface area (Å²) in [6.07, 6.45) is 5.34. The number of amides is 1. The Morgan fingerprint density at radius 2 is 1.62 bits per heavy atom. The lowest BCUT2D eigenvalue weighted by Crippen LogP contribution is -2.40. The van der Waals surface area contributed by atoms with E-state index < -0.39 is 40.0 Å². The molecule has 1 aromatic carbocycles. The van der Waals surface area contributed by atoms with Crippen LogP contribution in [0.25, 0.3) is 0 Å². The van der Waals surface area contributed by atoms with Gasteiger partial charge in [-0.15, -0.1) is 0 Å². The van der Waals surface area contributed by atoms with E-state index in [-0.39, 0.29) is 12.1 Å². The Kier molecular flexibility index (Phi) is 13.6. The second-order valence-corrected chi connectivity index (χ2v) is 10.6. The number of carbonyl (C=O) groups excluding carboxylic acids is 1. The highest BCUT2D eigenvalue weighted by Gasteiger charge is 2.35. The monoisotopic (exact) mass is 502 g/mol. The van der Waals surface area contributed by atoms with Gasteiger partial charge < -0.3 is 15.0 Å². The maximum atomic E-state index is 13.1. The molecule has 0 spiro atoms. The highest BCUT2D eigenvalue weighted by Crippen LogP contribution is 2.33. The molecule has 192 valence electrons. The molecule has 0 aliphatic carbocycles. The third-order valence-electron chi connectivity index (χ3n) is 5.70. The molecule has 2 N–H and O–H groups in total. The molecule has 0 saturated heterocycles. The number of nitrogens with zero attached hydrogens (tertiary/aromatic N) is 1. The number of anilines is 1. The fourth-order valence-corrected chi connectivity index (χ4v) is 4.82. The van der Waals surface area contributed by atoms with Gasteiger partial charge >= 0.3 is 6.18 Å². The number of nitriles is 1. The molecule has 9 heteroatoms. The largest absolute Gasteiger partial charge is 0.616 e. The number of benzene rings is 1. The van der Waals surface area contributed by atoms with Gasteiger partial charge in [0, 0.05) is 5.69 Å². The fraction of sp³-hybridized carbons (Fsp3) is 0.680. The summed E-state index contributed by atoms with van der Waals surface area (Å²) >= 11 is -0.763. The van der Waals surface area contributed by atoms with Crippen LogP contribution >= 0.6 is 0 Å². The van der Waals surface area contributed by atoms with E-state index in [2.05, 4.69) is 12.2 Å². The van der Waals surface area contributed by atoms with Gasteiger partial charge in [0.15, 0.2) is 0 Å². The summed E-state index contributed by atoms with van der Waals surface area (Å²) in [6, 6.07) is 4.38. The Bertz CT molecular complexity index is 795. The van der Waals surface area contributed by atoms with Crippen molar-refractivity contribution in [1.29, 1.82) is 5.26 Å². The number of rotatable bonds is 16. The second kappa shape index (κ2) is 15.3. The maximum Gasteiger partial charge on any atom is 0.417 e. The molecular weight excluding hydrogens is 465 g/mol. The van der Waals surface area contributed by atoms with Gasteiger partial charge in [0.2, 0.25) is 0 Å². The first-order chi connectivity index (χ1) is 16.0. The van der Waals surface area contributed by atoms with Crippen molar-refractivity contribution in [3.63, 3.8) is 0 Å². The second-order valence-electron chi connectivity index (χ2n) is 8.88. The summed E-state index contributed by atoms with van der Waals surface area (Å²) in [4.78, 5) is 12.4. The molecule has 1 amide bonds. The highest BCUT2D eigenvalue weighted by molar-refractivity contribution is 7.91. The number of halogens is 3. The number of nitrogens with one attached hydrogen (secondary N) is 1. The van der Waals surface area contributed by atoms with Crippen molar-refractivity contribution in [1.82, 2.24) is 0 Å². The third kappa shape index (κ3) is 11.6. The highest BCUT2D eigenvalue weighted by atomic mass is 32.2. The van der Waals surface area contributed by atoms with Crippen molar-refractivity contribution >= 4 is 22.8 Å². The Labute approximate surface area is 204 Å². The fourth-order valence-electron chi connectivity index (χ4n) is 3.56. The van der Waals surface area contributed by atoms with Crippen molar-refractivity contribution in [2.45, 2.75) is 96.3 Å². The molecule has 0 radical (unpaired) electrons.